The van der Waals surface area contributed by atoms with Crippen LogP contribution in [0, 0.1) is 11.3 Å². The van der Waals surface area contributed by atoms with E-state index in [2.05, 4.69) is 4.74 Å². The smallest absolute Gasteiger partial charge is 0.309 e. The van der Waals surface area contributed by atoms with Crippen LogP contribution >= 0.6 is 11.6 Å². The first-order valence-corrected chi connectivity index (χ1v) is 4.98. The van der Waals surface area contributed by atoms with Crippen LogP contribution in [-0.2, 0) is 9.53 Å². The van der Waals surface area contributed by atoms with Gasteiger partial charge in [-0.25, -0.2) is 0 Å². The lowest BCUT2D eigenvalue weighted by atomic mass is 10.1. The zero-order chi connectivity index (χ0) is 12.0. The van der Waals surface area contributed by atoms with Crippen molar-refractivity contribution in [2.75, 3.05) is 7.11 Å². The van der Waals surface area contributed by atoms with E-state index < -0.39 is 0 Å². The Morgan fingerprint density at radius 1 is 1.62 bits per heavy atom. The minimum Gasteiger partial charge on any atom is -0.469 e. The third-order valence-corrected chi connectivity index (χ3v) is 2.27. The zero-order valence-corrected chi connectivity index (χ0v) is 9.49. The summed E-state index contributed by atoms with van der Waals surface area (Å²) in [6.07, 6.45) is 3.59. The molecule has 0 heterocycles. The molecular weight excluding hydrogens is 226 g/mol. The van der Waals surface area contributed by atoms with Crippen molar-refractivity contribution < 1.29 is 9.53 Å². The zero-order valence-electron chi connectivity index (χ0n) is 8.74. The Balaban J connectivity index is 2.75. The molecule has 0 radical (unpaired) electrons. The summed E-state index contributed by atoms with van der Waals surface area (Å²) in [5, 5.41) is 9.13. The number of nitrogens with zero attached hydrogens (tertiary/aromatic N) is 1. The van der Waals surface area contributed by atoms with E-state index in [1.165, 1.54) is 7.11 Å². The maximum absolute atomic E-state index is 10.8. The van der Waals surface area contributed by atoms with Gasteiger partial charge in [0.1, 0.15) is 0 Å². The highest BCUT2D eigenvalue weighted by molar-refractivity contribution is 6.32. The minimum absolute atomic E-state index is 0.201. The van der Waals surface area contributed by atoms with Crippen molar-refractivity contribution in [2.45, 2.75) is 6.42 Å². The first-order chi connectivity index (χ1) is 7.67. The van der Waals surface area contributed by atoms with Gasteiger partial charge in [0.05, 0.1) is 25.2 Å². The molecule has 0 unspecified atom stereocenters. The van der Waals surface area contributed by atoms with Crippen LogP contribution < -0.4 is 0 Å². The van der Waals surface area contributed by atoms with E-state index in [0.717, 1.165) is 5.56 Å². The molecule has 0 fully saturated rings. The maximum Gasteiger partial charge on any atom is 0.309 e. The predicted octanol–water partition coefficient (Wildman–Crippen LogP) is 2.79. The molecule has 0 aromatic heterocycles. The molecule has 0 aliphatic heterocycles. The number of ether oxygens (including phenoxy) is 1. The summed E-state index contributed by atoms with van der Waals surface area (Å²) in [6.45, 7) is 0. The molecule has 0 atom stereocenters. The van der Waals surface area contributed by atoms with E-state index in [-0.39, 0.29) is 12.4 Å². The first kappa shape index (κ1) is 12.3. The average molecular weight is 236 g/mol. The van der Waals surface area contributed by atoms with Gasteiger partial charge < -0.3 is 4.74 Å². The molecule has 0 spiro atoms. The number of hydrogen-bond acceptors (Lipinski definition) is 3. The molecule has 16 heavy (non-hydrogen) atoms. The van der Waals surface area contributed by atoms with Gasteiger partial charge in [-0.2, -0.15) is 5.26 Å². The van der Waals surface area contributed by atoms with Crippen LogP contribution in [0.2, 0.25) is 5.02 Å². The number of carbonyl (C=O) groups is 1. The summed E-state index contributed by atoms with van der Waals surface area (Å²) >= 11 is 5.94. The Hall–Kier alpha value is -1.79. The van der Waals surface area contributed by atoms with Gasteiger partial charge in [0.25, 0.3) is 0 Å². The summed E-state index contributed by atoms with van der Waals surface area (Å²) in [5.74, 6) is -0.305. The molecule has 82 valence electrons. The molecule has 1 rings (SSSR count). The van der Waals surface area contributed by atoms with Crippen molar-refractivity contribution in [2.24, 2.45) is 0 Å². The minimum atomic E-state index is -0.305. The molecule has 0 saturated carbocycles. The molecule has 0 aliphatic rings. The van der Waals surface area contributed by atoms with Gasteiger partial charge in [-0.1, -0.05) is 29.8 Å². The van der Waals surface area contributed by atoms with Crippen molar-refractivity contribution in [3.8, 4) is 6.07 Å². The average Bonchev–Trinajstić information content (AvgIpc) is 2.30. The maximum atomic E-state index is 10.8. The van der Waals surface area contributed by atoms with E-state index >= 15 is 0 Å². The summed E-state index contributed by atoms with van der Waals surface area (Å²) in [6, 6.07) is 6.98. The van der Waals surface area contributed by atoms with Crippen LogP contribution in [0.3, 0.4) is 0 Å². The number of esters is 1. The Morgan fingerprint density at radius 2 is 2.38 bits per heavy atom. The Labute approximate surface area is 98.9 Å². The van der Waals surface area contributed by atoms with Crippen LogP contribution in [0.25, 0.3) is 6.08 Å². The van der Waals surface area contributed by atoms with E-state index in [1.807, 2.05) is 6.07 Å². The van der Waals surface area contributed by atoms with Gasteiger partial charge in [-0.05, 0) is 17.7 Å². The Bertz CT molecular complexity index is 461. The third-order valence-electron chi connectivity index (χ3n) is 1.94. The Kier molecular flexibility index (Phi) is 4.56. The second-order valence-corrected chi connectivity index (χ2v) is 3.44. The first-order valence-electron chi connectivity index (χ1n) is 4.60. The molecule has 1 aromatic rings. The number of benzene rings is 1. The summed E-state index contributed by atoms with van der Waals surface area (Å²) in [5.41, 5.74) is 1.28. The van der Waals surface area contributed by atoms with Gasteiger partial charge >= 0.3 is 5.97 Å². The van der Waals surface area contributed by atoms with E-state index in [9.17, 15) is 4.79 Å². The fourth-order valence-corrected chi connectivity index (χ4v) is 1.34. The molecule has 0 bridgehead atoms. The highest BCUT2D eigenvalue weighted by Gasteiger charge is 1.99. The fourth-order valence-electron chi connectivity index (χ4n) is 1.10. The molecule has 1 aromatic carbocycles. The van der Waals surface area contributed by atoms with E-state index in [1.54, 1.807) is 30.4 Å². The largest absolute Gasteiger partial charge is 0.469 e. The SMILES string of the molecule is COC(=O)CC=Cc1ccc(C#N)cc1Cl. The fraction of sp³-hybridized carbons (Fsp3) is 0.167. The quantitative estimate of drug-likeness (QED) is 0.757. The van der Waals surface area contributed by atoms with Crippen molar-refractivity contribution in [1.82, 2.24) is 0 Å². The van der Waals surface area contributed by atoms with Gasteiger partial charge in [0, 0.05) is 5.02 Å². The lowest BCUT2D eigenvalue weighted by Gasteiger charge is -1.98. The van der Waals surface area contributed by atoms with Crippen LogP contribution in [0.15, 0.2) is 24.3 Å². The summed E-state index contributed by atoms with van der Waals surface area (Å²) < 4.78 is 4.49. The highest BCUT2D eigenvalue weighted by Crippen LogP contribution is 2.19. The molecule has 0 aliphatic carbocycles. The van der Waals surface area contributed by atoms with Crippen molar-refractivity contribution in [3.05, 3.63) is 40.4 Å². The molecule has 0 saturated heterocycles. The topological polar surface area (TPSA) is 50.1 Å². The van der Waals surface area contributed by atoms with Gasteiger partial charge in [-0.15, -0.1) is 0 Å². The number of nitriles is 1. The second-order valence-electron chi connectivity index (χ2n) is 3.03. The van der Waals surface area contributed by atoms with E-state index in [0.29, 0.717) is 10.6 Å². The number of rotatable bonds is 3. The number of methoxy groups -OCH3 is 1. The number of hydrogen-bond donors (Lipinski definition) is 0. The normalized spacial score (nSPS) is 10.1. The van der Waals surface area contributed by atoms with Crippen LogP contribution in [0.4, 0.5) is 0 Å². The van der Waals surface area contributed by atoms with E-state index in [4.69, 9.17) is 16.9 Å². The number of halogens is 1. The summed E-state index contributed by atoms with van der Waals surface area (Å²) in [4.78, 5) is 10.8. The Morgan fingerprint density at radius 3 is 2.94 bits per heavy atom. The lowest BCUT2D eigenvalue weighted by molar-refractivity contribution is -0.139. The summed E-state index contributed by atoms with van der Waals surface area (Å²) in [7, 11) is 1.34. The monoisotopic (exact) mass is 235 g/mol. The lowest BCUT2D eigenvalue weighted by Crippen LogP contribution is -1.96. The molecule has 0 amide bonds. The second kappa shape index (κ2) is 5.94. The van der Waals surface area contributed by atoms with Gasteiger partial charge in [0.15, 0.2) is 0 Å². The van der Waals surface area contributed by atoms with Gasteiger partial charge in [-0.3, -0.25) is 4.79 Å². The van der Waals surface area contributed by atoms with Crippen molar-refractivity contribution >= 4 is 23.6 Å². The van der Waals surface area contributed by atoms with Crippen molar-refractivity contribution in [3.63, 3.8) is 0 Å². The molecule has 4 heteroatoms. The molecule has 3 nitrogen and oxygen atoms in total. The van der Waals surface area contributed by atoms with Gasteiger partial charge in [0.2, 0.25) is 0 Å². The highest BCUT2D eigenvalue weighted by atomic mass is 35.5. The van der Waals surface area contributed by atoms with Crippen LogP contribution in [-0.4, -0.2) is 13.1 Å². The number of carbonyl (C=O) groups excluding carboxylic acids is 1. The molecule has 0 N–H and O–H groups in total. The third kappa shape index (κ3) is 3.41. The standard InChI is InChI=1S/C12H10ClNO2/c1-16-12(15)4-2-3-10-6-5-9(8-14)7-11(10)13/h2-3,5-7H,4H2,1H3. The van der Waals surface area contributed by atoms with Crippen molar-refractivity contribution in [1.29, 1.82) is 5.26 Å². The predicted molar refractivity (Wildman–Crippen MR) is 61.8 cm³/mol. The van der Waals surface area contributed by atoms with Crippen LogP contribution in [0.1, 0.15) is 17.5 Å². The molecular formula is C12H10ClNO2. The van der Waals surface area contributed by atoms with Crippen LogP contribution in [0.5, 0.6) is 0 Å².